The molecule has 3 N–H and O–H groups in total. The number of nitrogens with zero attached hydrogens (tertiary/aromatic N) is 1. The number of nitro benzene ring substituents is 1. The van der Waals surface area contributed by atoms with Crippen LogP contribution in [-0.4, -0.2) is 23.1 Å². The van der Waals surface area contributed by atoms with Gasteiger partial charge in [-0.1, -0.05) is 24.3 Å². The first-order valence-corrected chi connectivity index (χ1v) is 8.79. The number of amides is 1. The lowest BCUT2D eigenvalue weighted by atomic mass is 9.93. The third kappa shape index (κ3) is 3.79. The molecule has 0 fully saturated rings. The van der Waals surface area contributed by atoms with Crippen molar-refractivity contribution in [2.45, 2.75) is 13.0 Å². The summed E-state index contributed by atoms with van der Waals surface area (Å²) in [5.41, 5.74) is 1.55. The molecule has 1 heterocycles. The molecule has 3 rings (SSSR count). The van der Waals surface area contributed by atoms with E-state index in [0.29, 0.717) is 28.3 Å². The standard InChI is InChI=1S/C19H18N4O4S/c1-11-16(18(24)21-13-8-4-6-10-15(13)27-2)17(22-19(28)20-11)12-7-3-5-9-14(12)23(25)26/h3-10,17H,1-2H3,(H,21,24)(H2,20,22,28)/t17-/m0/s1. The number of nitro groups is 1. The molecule has 0 aromatic heterocycles. The van der Waals surface area contributed by atoms with Crippen molar-refractivity contribution in [3.05, 3.63) is 75.5 Å². The van der Waals surface area contributed by atoms with Gasteiger partial charge in [-0.25, -0.2) is 0 Å². The van der Waals surface area contributed by atoms with Crippen LogP contribution in [0.1, 0.15) is 18.5 Å². The minimum atomic E-state index is -0.773. The second-order valence-electron chi connectivity index (χ2n) is 6.04. The molecule has 1 aliphatic rings. The van der Waals surface area contributed by atoms with E-state index in [4.69, 9.17) is 17.0 Å². The maximum absolute atomic E-state index is 13.1. The van der Waals surface area contributed by atoms with Crippen LogP contribution in [0.2, 0.25) is 0 Å². The number of hydrogen-bond donors (Lipinski definition) is 3. The smallest absolute Gasteiger partial charge is 0.275 e. The summed E-state index contributed by atoms with van der Waals surface area (Å²) >= 11 is 5.20. The zero-order valence-corrected chi connectivity index (χ0v) is 16.0. The maximum atomic E-state index is 13.1. The number of ether oxygens (including phenoxy) is 1. The van der Waals surface area contributed by atoms with Gasteiger partial charge >= 0.3 is 0 Å². The quantitative estimate of drug-likeness (QED) is 0.404. The molecule has 1 aliphatic heterocycles. The van der Waals surface area contributed by atoms with Crippen molar-refractivity contribution in [1.29, 1.82) is 0 Å². The minimum absolute atomic E-state index is 0.0971. The molecule has 0 aliphatic carbocycles. The van der Waals surface area contributed by atoms with E-state index >= 15 is 0 Å². The second kappa shape index (κ2) is 8.05. The van der Waals surface area contributed by atoms with Crippen molar-refractivity contribution in [3.63, 3.8) is 0 Å². The predicted octanol–water partition coefficient (Wildman–Crippen LogP) is 3.03. The topological polar surface area (TPSA) is 106 Å². The molecular formula is C19H18N4O4S. The van der Waals surface area contributed by atoms with Gasteiger partial charge in [-0.05, 0) is 37.3 Å². The van der Waals surface area contributed by atoms with Gasteiger partial charge in [-0.15, -0.1) is 0 Å². The van der Waals surface area contributed by atoms with Gasteiger partial charge in [0, 0.05) is 11.8 Å². The van der Waals surface area contributed by atoms with Crippen LogP contribution in [0.15, 0.2) is 59.8 Å². The number of carbonyl (C=O) groups is 1. The molecule has 9 heteroatoms. The van der Waals surface area contributed by atoms with E-state index in [0.717, 1.165) is 0 Å². The molecule has 1 atom stereocenters. The van der Waals surface area contributed by atoms with Crippen LogP contribution in [0, 0.1) is 10.1 Å². The molecule has 2 aromatic rings. The Morgan fingerprint density at radius 3 is 2.61 bits per heavy atom. The number of thiocarbonyl (C=S) groups is 1. The van der Waals surface area contributed by atoms with Crippen molar-refractivity contribution < 1.29 is 14.5 Å². The number of hydrogen-bond acceptors (Lipinski definition) is 5. The summed E-state index contributed by atoms with van der Waals surface area (Å²) in [7, 11) is 1.51. The van der Waals surface area contributed by atoms with Crippen LogP contribution >= 0.6 is 12.2 Å². The molecule has 0 saturated carbocycles. The van der Waals surface area contributed by atoms with Crippen LogP contribution in [0.4, 0.5) is 11.4 Å². The molecule has 0 spiro atoms. The molecular weight excluding hydrogens is 380 g/mol. The van der Waals surface area contributed by atoms with Crippen molar-refractivity contribution in [2.75, 3.05) is 12.4 Å². The Hall–Kier alpha value is -3.46. The first kappa shape index (κ1) is 19.3. The number of benzene rings is 2. The third-order valence-electron chi connectivity index (χ3n) is 4.31. The number of para-hydroxylation sites is 3. The molecule has 1 amide bonds. The zero-order chi connectivity index (χ0) is 20.3. The third-order valence-corrected chi connectivity index (χ3v) is 4.53. The number of anilines is 1. The summed E-state index contributed by atoms with van der Waals surface area (Å²) in [6, 6.07) is 12.5. The predicted molar refractivity (Wildman–Crippen MR) is 109 cm³/mol. The zero-order valence-electron chi connectivity index (χ0n) is 15.2. The highest BCUT2D eigenvalue weighted by Gasteiger charge is 2.34. The Kier molecular flexibility index (Phi) is 5.55. The van der Waals surface area contributed by atoms with E-state index in [-0.39, 0.29) is 10.8 Å². The summed E-state index contributed by atoms with van der Waals surface area (Å²) in [5.74, 6) is 0.0799. The highest BCUT2D eigenvalue weighted by atomic mass is 32.1. The van der Waals surface area contributed by atoms with Gasteiger partial charge < -0.3 is 20.7 Å². The number of allylic oxidation sites excluding steroid dienone is 1. The Bertz CT molecular complexity index is 989. The van der Waals surface area contributed by atoms with Gasteiger partial charge in [0.25, 0.3) is 11.6 Å². The van der Waals surface area contributed by atoms with Crippen LogP contribution in [-0.2, 0) is 4.79 Å². The monoisotopic (exact) mass is 398 g/mol. The summed E-state index contributed by atoms with van der Waals surface area (Å²) in [5, 5.41) is 20.5. The van der Waals surface area contributed by atoms with Gasteiger partial charge in [0.1, 0.15) is 5.75 Å². The highest BCUT2D eigenvalue weighted by Crippen LogP contribution is 2.34. The molecule has 0 unspecified atom stereocenters. The number of carbonyl (C=O) groups excluding carboxylic acids is 1. The molecule has 0 saturated heterocycles. The summed E-state index contributed by atoms with van der Waals surface area (Å²) in [6.07, 6.45) is 0. The van der Waals surface area contributed by atoms with Crippen LogP contribution in [0.25, 0.3) is 0 Å². The number of nitrogens with one attached hydrogen (secondary N) is 3. The average Bonchev–Trinajstić information content (AvgIpc) is 2.67. The highest BCUT2D eigenvalue weighted by molar-refractivity contribution is 7.80. The Morgan fingerprint density at radius 1 is 1.21 bits per heavy atom. The molecule has 0 radical (unpaired) electrons. The van der Waals surface area contributed by atoms with Crippen molar-refractivity contribution in [3.8, 4) is 5.75 Å². The van der Waals surface area contributed by atoms with E-state index in [2.05, 4.69) is 16.0 Å². The molecule has 2 aromatic carbocycles. The SMILES string of the molecule is COc1ccccc1NC(=O)C1=C(C)NC(=S)N[C@H]1c1ccccc1[N+](=O)[O-]. The number of methoxy groups -OCH3 is 1. The van der Waals surface area contributed by atoms with Crippen LogP contribution in [0.5, 0.6) is 5.75 Å². The first-order valence-electron chi connectivity index (χ1n) is 8.38. The van der Waals surface area contributed by atoms with Crippen LogP contribution in [0.3, 0.4) is 0 Å². The Labute approximate surface area is 166 Å². The summed E-state index contributed by atoms with van der Waals surface area (Å²) in [6.45, 7) is 1.70. The maximum Gasteiger partial charge on any atom is 0.275 e. The summed E-state index contributed by atoms with van der Waals surface area (Å²) < 4.78 is 5.27. The van der Waals surface area contributed by atoms with Gasteiger partial charge in [-0.2, -0.15) is 0 Å². The second-order valence-corrected chi connectivity index (χ2v) is 6.45. The van der Waals surface area contributed by atoms with Crippen molar-refractivity contribution >= 4 is 34.6 Å². The van der Waals surface area contributed by atoms with E-state index in [9.17, 15) is 14.9 Å². The van der Waals surface area contributed by atoms with Crippen LogP contribution < -0.4 is 20.7 Å². The molecule has 8 nitrogen and oxygen atoms in total. The van der Waals surface area contributed by atoms with Gasteiger partial charge in [-0.3, -0.25) is 14.9 Å². The van der Waals surface area contributed by atoms with Crippen molar-refractivity contribution in [1.82, 2.24) is 10.6 Å². The van der Waals surface area contributed by atoms with Gasteiger partial charge in [0.15, 0.2) is 5.11 Å². The number of rotatable bonds is 5. The fourth-order valence-electron chi connectivity index (χ4n) is 3.06. The Morgan fingerprint density at radius 2 is 1.89 bits per heavy atom. The van der Waals surface area contributed by atoms with E-state index in [1.165, 1.54) is 13.2 Å². The van der Waals surface area contributed by atoms with Crippen molar-refractivity contribution in [2.24, 2.45) is 0 Å². The first-order chi connectivity index (χ1) is 13.4. The lowest BCUT2D eigenvalue weighted by molar-refractivity contribution is -0.385. The van der Waals surface area contributed by atoms with Gasteiger partial charge in [0.2, 0.25) is 0 Å². The lowest BCUT2D eigenvalue weighted by Crippen LogP contribution is -2.46. The average molecular weight is 398 g/mol. The molecule has 144 valence electrons. The van der Waals surface area contributed by atoms with E-state index < -0.39 is 16.9 Å². The Balaban J connectivity index is 2.03. The lowest BCUT2D eigenvalue weighted by Gasteiger charge is -2.30. The minimum Gasteiger partial charge on any atom is -0.495 e. The fourth-order valence-corrected chi connectivity index (χ4v) is 3.33. The van der Waals surface area contributed by atoms with Gasteiger partial charge in [0.05, 0.1) is 34.9 Å². The largest absolute Gasteiger partial charge is 0.495 e. The normalized spacial score (nSPS) is 16.1. The fraction of sp³-hybridized carbons (Fsp3) is 0.158. The molecule has 28 heavy (non-hydrogen) atoms. The van der Waals surface area contributed by atoms with E-state index in [1.54, 1.807) is 49.4 Å². The van der Waals surface area contributed by atoms with E-state index in [1.807, 2.05) is 0 Å². The molecule has 0 bridgehead atoms. The summed E-state index contributed by atoms with van der Waals surface area (Å²) in [4.78, 5) is 24.1.